The Morgan fingerprint density at radius 2 is 2.05 bits per heavy atom. The number of hydrogen-bond donors (Lipinski definition) is 1. The van der Waals surface area contributed by atoms with E-state index in [-0.39, 0.29) is 4.90 Å². The third-order valence-electron chi connectivity index (χ3n) is 2.68. The fourth-order valence-electron chi connectivity index (χ4n) is 1.68. The minimum absolute atomic E-state index is 0.249. The number of benzene rings is 1. The van der Waals surface area contributed by atoms with Crippen LogP contribution in [0.3, 0.4) is 0 Å². The van der Waals surface area contributed by atoms with E-state index in [9.17, 15) is 8.42 Å². The molecule has 0 spiro atoms. The first-order chi connectivity index (χ1) is 9.40. The molecule has 1 aromatic heterocycles. The van der Waals surface area contributed by atoms with Gasteiger partial charge in [-0.05, 0) is 40.2 Å². The highest BCUT2D eigenvalue weighted by Gasteiger charge is 2.11. The second-order valence-corrected chi connectivity index (χ2v) is 8.76. The molecule has 0 atom stereocenters. The third kappa shape index (κ3) is 3.74. The Morgan fingerprint density at radius 3 is 2.60 bits per heavy atom. The molecule has 0 saturated carbocycles. The number of methoxy groups -OCH3 is 1. The normalized spacial score (nSPS) is 11.3. The Bertz CT molecular complexity index is 710. The van der Waals surface area contributed by atoms with E-state index < -0.39 is 9.84 Å². The van der Waals surface area contributed by atoms with Crippen molar-refractivity contribution in [2.75, 3.05) is 18.7 Å². The summed E-state index contributed by atoms with van der Waals surface area (Å²) in [6.45, 7) is 0.658. The first-order valence-corrected chi connectivity index (χ1v) is 9.26. The van der Waals surface area contributed by atoms with Crippen LogP contribution in [0, 0.1) is 0 Å². The predicted molar refractivity (Wildman–Crippen MR) is 85.4 cm³/mol. The van der Waals surface area contributed by atoms with Crippen LogP contribution < -0.4 is 10.1 Å². The van der Waals surface area contributed by atoms with Crippen molar-refractivity contribution < 1.29 is 13.2 Å². The molecule has 2 aromatic rings. The van der Waals surface area contributed by atoms with Crippen molar-refractivity contribution in [3.8, 4) is 5.75 Å². The van der Waals surface area contributed by atoms with E-state index in [0.29, 0.717) is 12.3 Å². The summed E-state index contributed by atoms with van der Waals surface area (Å²) >= 11 is 5.06. The summed E-state index contributed by atoms with van der Waals surface area (Å²) in [6, 6.07) is 8.84. The number of hydrogen-bond acceptors (Lipinski definition) is 5. The number of nitrogens with one attached hydrogen (secondary N) is 1. The molecule has 0 radical (unpaired) electrons. The van der Waals surface area contributed by atoms with Crippen LogP contribution >= 0.6 is 27.3 Å². The number of sulfone groups is 1. The zero-order chi connectivity index (χ0) is 14.8. The number of halogens is 1. The van der Waals surface area contributed by atoms with Gasteiger partial charge in [0.15, 0.2) is 9.84 Å². The highest BCUT2D eigenvalue weighted by atomic mass is 79.9. The van der Waals surface area contributed by atoms with Gasteiger partial charge in [0.2, 0.25) is 0 Å². The molecule has 0 unspecified atom stereocenters. The van der Waals surface area contributed by atoms with Crippen molar-refractivity contribution >= 4 is 42.8 Å². The van der Waals surface area contributed by atoms with Crippen molar-refractivity contribution in [2.24, 2.45) is 0 Å². The summed E-state index contributed by atoms with van der Waals surface area (Å²) in [5, 5.41) is 3.24. The van der Waals surface area contributed by atoms with Crippen molar-refractivity contribution in [1.82, 2.24) is 0 Å². The van der Waals surface area contributed by atoms with E-state index in [1.54, 1.807) is 23.5 Å². The summed E-state index contributed by atoms with van der Waals surface area (Å²) in [5.41, 5.74) is 0.768. The van der Waals surface area contributed by atoms with Gasteiger partial charge in [-0.25, -0.2) is 8.42 Å². The highest BCUT2D eigenvalue weighted by molar-refractivity contribution is 9.11. The van der Waals surface area contributed by atoms with Crippen LogP contribution in [0.4, 0.5) is 5.69 Å². The van der Waals surface area contributed by atoms with Crippen LogP contribution in [0.1, 0.15) is 4.88 Å². The molecule has 0 aliphatic heterocycles. The van der Waals surface area contributed by atoms with Gasteiger partial charge in [0.05, 0.1) is 21.5 Å². The van der Waals surface area contributed by atoms with E-state index in [0.717, 1.165) is 9.47 Å². The fraction of sp³-hybridized carbons (Fsp3) is 0.231. The quantitative estimate of drug-likeness (QED) is 0.868. The van der Waals surface area contributed by atoms with E-state index >= 15 is 0 Å². The number of ether oxygens (including phenoxy) is 1. The number of thiophene rings is 1. The van der Waals surface area contributed by atoms with Crippen LogP contribution in [0.5, 0.6) is 5.75 Å². The molecule has 0 fully saturated rings. The summed E-state index contributed by atoms with van der Waals surface area (Å²) in [4.78, 5) is 1.42. The van der Waals surface area contributed by atoms with Crippen molar-refractivity contribution in [1.29, 1.82) is 0 Å². The molecule has 1 aromatic carbocycles. The summed E-state index contributed by atoms with van der Waals surface area (Å²) in [5.74, 6) is 0.517. The maximum absolute atomic E-state index is 11.5. The van der Waals surface area contributed by atoms with Crippen molar-refractivity contribution in [3.63, 3.8) is 0 Å². The smallest absolute Gasteiger partial charge is 0.175 e. The number of anilines is 1. The minimum atomic E-state index is -3.23. The second kappa shape index (κ2) is 6.15. The lowest BCUT2D eigenvalue weighted by molar-refractivity contribution is 0.415. The van der Waals surface area contributed by atoms with Gasteiger partial charge in [0, 0.05) is 23.7 Å². The number of rotatable bonds is 5. The molecule has 7 heteroatoms. The van der Waals surface area contributed by atoms with Crippen LogP contribution in [0.15, 0.2) is 39.0 Å². The molecular weight excluding hydrogens is 362 g/mol. The highest BCUT2D eigenvalue weighted by Crippen LogP contribution is 2.29. The topological polar surface area (TPSA) is 55.4 Å². The summed E-state index contributed by atoms with van der Waals surface area (Å²) in [6.07, 6.45) is 1.18. The zero-order valence-corrected chi connectivity index (χ0v) is 14.2. The maximum Gasteiger partial charge on any atom is 0.175 e. The molecule has 4 nitrogen and oxygen atoms in total. The molecule has 108 valence electrons. The Morgan fingerprint density at radius 1 is 1.30 bits per heavy atom. The van der Waals surface area contributed by atoms with Crippen LogP contribution in [-0.4, -0.2) is 21.8 Å². The standard InChI is InChI=1S/C13H14BrNO3S2/c1-18-12-7-10(20(2,16)17)4-5-11(12)15-8-9-3-6-13(14)19-9/h3-7,15H,8H2,1-2H3. The molecule has 1 N–H and O–H groups in total. The van der Waals surface area contributed by atoms with Gasteiger partial charge >= 0.3 is 0 Å². The van der Waals surface area contributed by atoms with Crippen LogP contribution in [-0.2, 0) is 16.4 Å². The summed E-state index contributed by atoms with van der Waals surface area (Å²) < 4.78 is 29.3. The van der Waals surface area contributed by atoms with Crippen LogP contribution in [0.2, 0.25) is 0 Å². The van der Waals surface area contributed by atoms with Gasteiger partial charge < -0.3 is 10.1 Å². The molecule has 0 bridgehead atoms. The monoisotopic (exact) mass is 375 g/mol. The third-order valence-corrected chi connectivity index (χ3v) is 5.42. The van der Waals surface area contributed by atoms with E-state index in [4.69, 9.17) is 4.74 Å². The van der Waals surface area contributed by atoms with Crippen LogP contribution in [0.25, 0.3) is 0 Å². The molecule has 0 aliphatic rings. The van der Waals surface area contributed by atoms with Gasteiger partial charge in [0.25, 0.3) is 0 Å². The van der Waals surface area contributed by atoms with Gasteiger partial charge in [0.1, 0.15) is 5.75 Å². The van der Waals surface area contributed by atoms with Crippen molar-refractivity contribution in [2.45, 2.75) is 11.4 Å². The Hall–Kier alpha value is -1.05. The lowest BCUT2D eigenvalue weighted by Gasteiger charge is -2.11. The van der Waals surface area contributed by atoms with Crippen molar-refractivity contribution in [3.05, 3.63) is 39.0 Å². The van der Waals surface area contributed by atoms with Gasteiger partial charge in [-0.1, -0.05) is 0 Å². The Kier molecular flexibility index (Phi) is 4.72. The minimum Gasteiger partial charge on any atom is -0.495 e. The molecular formula is C13H14BrNO3S2. The first-order valence-electron chi connectivity index (χ1n) is 5.76. The summed E-state index contributed by atoms with van der Waals surface area (Å²) in [7, 11) is -1.71. The largest absolute Gasteiger partial charge is 0.495 e. The molecule has 0 saturated heterocycles. The fourth-order valence-corrected chi connectivity index (χ4v) is 3.74. The maximum atomic E-state index is 11.5. The molecule has 1 heterocycles. The van der Waals surface area contributed by atoms with E-state index in [2.05, 4.69) is 21.2 Å². The molecule has 0 amide bonds. The second-order valence-electron chi connectivity index (χ2n) is 4.19. The van der Waals surface area contributed by atoms with E-state index in [1.165, 1.54) is 24.3 Å². The Labute approximate surface area is 130 Å². The zero-order valence-electron chi connectivity index (χ0n) is 11.0. The first kappa shape index (κ1) is 15.3. The van der Waals surface area contributed by atoms with Gasteiger partial charge in [-0.15, -0.1) is 11.3 Å². The lowest BCUT2D eigenvalue weighted by atomic mass is 10.3. The molecule has 0 aliphatic carbocycles. The lowest BCUT2D eigenvalue weighted by Crippen LogP contribution is -2.02. The average Bonchev–Trinajstić information content (AvgIpc) is 2.81. The average molecular weight is 376 g/mol. The molecule has 20 heavy (non-hydrogen) atoms. The predicted octanol–water partition coefficient (Wildman–Crippen LogP) is 3.53. The van der Waals surface area contributed by atoms with E-state index in [1.807, 2.05) is 12.1 Å². The van der Waals surface area contributed by atoms with Gasteiger partial charge in [-0.2, -0.15) is 0 Å². The van der Waals surface area contributed by atoms with Gasteiger partial charge in [-0.3, -0.25) is 0 Å². The molecule has 2 rings (SSSR count). The Balaban J connectivity index is 2.19. The SMILES string of the molecule is COc1cc(S(C)(=O)=O)ccc1NCc1ccc(Br)s1.